The fourth-order valence-corrected chi connectivity index (χ4v) is 3.60. The van der Waals surface area contributed by atoms with Gasteiger partial charge in [0.1, 0.15) is 19.4 Å². The van der Waals surface area contributed by atoms with E-state index in [9.17, 15) is 9.90 Å². The summed E-state index contributed by atoms with van der Waals surface area (Å²) in [6.07, 6.45) is 2.46. The smallest absolute Gasteiger partial charge is 0.253 e. The molecule has 2 heterocycles. The number of carbonyl (C=O) groups is 1. The van der Waals surface area contributed by atoms with E-state index < -0.39 is 0 Å². The highest BCUT2D eigenvalue weighted by Crippen LogP contribution is 2.29. The number of hydrogen-bond acceptors (Lipinski definition) is 6. The van der Waals surface area contributed by atoms with E-state index in [2.05, 4.69) is 21.5 Å². The van der Waals surface area contributed by atoms with Crippen molar-refractivity contribution in [3.63, 3.8) is 0 Å². The Labute approximate surface area is 192 Å². The zero-order valence-corrected chi connectivity index (χ0v) is 18.5. The first-order valence-corrected chi connectivity index (χ1v) is 10.6. The van der Waals surface area contributed by atoms with Crippen molar-refractivity contribution in [3.05, 3.63) is 71.9 Å². The van der Waals surface area contributed by atoms with Crippen LogP contribution < -0.4 is 10.8 Å². The van der Waals surface area contributed by atoms with Crippen LogP contribution in [-0.2, 0) is 0 Å². The van der Waals surface area contributed by atoms with E-state index in [-0.39, 0.29) is 11.7 Å². The van der Waals surface area contributed by atoms with Gasteiger partial charge in [-0.25, -0.2) is 4.98 Å². The molecule has 0 aliphatic rings. The minimum atomic E-state index is -0.122. The Bertz CT molecular complexity index is 1360. The normalized spacial score (nSPS) is 10.7. The minimum absolute atomic E-state index is 0.122. The van der Waals surface area contributed by atoms with E-state index >= 15 is 0 Å². The van der Waals surface area contributed by atoms with Crippen molar-refractivity contribution in [2.75, 3.05) is 25.5 Å². The van der Waals surface area contributed by atoms with Gasteiger partial charge in [0.25, 0.3) is 5.91 Å². The quantitative estimate of drug-likeness (QED) is 0.337. The largest absolute Gasteiger partial charge is 0.507 e. The molecule has 0 saturated heterocycles. The summed E-state index contributed by atoms with van der Waals surface area (Å²) in [5, 5.41) is 27.1. The third-order valence-corrected chi connectivity index (χ3v) is 5.39. The highest BCUT2D eigenvalue weighted by atomic mass is 16.3. The number of rotatable bonds is 7. The summed E-state index contributed by atoms with van der Waals surface area (Å²) in [7, 11) is 3.69. The van der Waals surface area contributed by atoms with Crippen LogP contribution in [0.25, 0.3) is 16.9 Å². The van der Waals surface area contributed by atoms with Crippen LogP contribution in [0.4, 0.5) is 5.82 Å². The molecule has 0 saturated carbocycles. The number of nitrogens with zero attached hydrogens (tertiary/aromatic N) is 5. The Kier molecular flexibility index (Phi) is 6.27. The standard InChI is InChI=1S/C24H23BN6O2/c1-30(24(33)17-7-4-6-16(12-17)14-26)11-5-10-27-22-13-20(18-8-2-3-9-21(18)32)29-23-19(25)15-28-31(22)23/h2-4,6-9,12-13,15,27,32H,5,10-11,25H2,1H3. The van der Waals surface area contributed by atoms with Gasteiger partial charge in [-0.3, -0.25) is 4.79 Å². The number of anilines is 1. The zero-order chi connectivity index (χ0) is 23.4. The maximum absolute atomic E-state index is 12.6. The van der Waals surface area contributed by atoms with Crippen molar-refractivity contribution in [1.82, 2.24) is 19.5 Å². The highest BCUT2D eigenvalue weighted by molar-refractivity contribution is 6.36. The summed E-state index contributed by atoms with van der Waals surface area (Å²) in [6, 6.07) is 17.7. The molecule has 33 heavy (non-hydrogen) atoms. The van der Waals surface area contributed by atoms with Crippen LogP contribution in [0.3, 0.4) is 0 Å². The number of carbonyl (C=O) groups excluding carboxylic acids is 1. The van der Waals surface area contributed by atoms with Crippen LogP contribution >= 0.6 is 0 Å². The van der Waals surface area contributed by atoms with Gasteiger partial charge in [-0.05, 0) is 42.2 Å². The maximum Gasteiger partial charge on any atom is 0.253 e. The lowest BCUT2D eigenvalue weighted by Crippen LogP contribution is -2.29. The summed E-state index contributed by atoms with van der Waals surface area (Å²) in [4.78, 5) is 19.0. The predicted octanol–water partition coefficient (Wildman–Crippen LogP) is 1.81. The second-order valence-electron chi connectivity index (χ2n) is 7.81. The molecule has 4 rings (SSSR count). The van der Waals surface area contributed by atoms with Gasteiger partial charge < -0.3 is 15.3 Å². The summed E-state index contributed by atoms with van der Waals surface area (Å²) in [5.74, 6) is 0.795. The molecule has 0 aliphatic heterocycles. The second kappa shape index (κ2) is 9.45. The molecule has 9 heteroatoms. The van der Waals surface area contributed by atoms with E-state index in [1.54, 1.807) is 59.1 Å². The number of phenolic OH excluding ortho intramolecular Hbond substituents is 1. The Balaban J connectivity index is 1.45. The first-order chi connectivity index (χ1) is 16.0. The fourth-order valence-electron chi connectivity index (χ4n) is 3.60. The molecule has 0 atom stereocenters. The van der Waals surface area contributed by atoms with E-state index in [1.807, 2.05) is 26.0 Å². The number of amides is 1. The molecule has 0 fully saturated rings. The van der Waals surface area contributed by atoms with Gasteiger partial charge in [-0.1, -0.05) is 18.2 Å². The SMILES string of the molecule is Bc1cnn2c(NCCCN(C)C(=O)c3cccc(C#N)c3)cc(-c3ccccc3O)nc12. The fraction of sp³-hybridized carbons (Fsp3) is 0.167. The Hall–Kier alpha value is -4.32. The minimum Gasteiger partial charge on any atom is -0.507 e. The molecule has 0 bridgehead atoms. The van der Waals surface area contributed by atoms with Crippen molar-refractivity contribution >= 4 is 30.7 Å². The lowest BCUT2D eigenvalue weighted by atomic mass is 10.0. The number of nitriles is 1. The molecule has 0 unspecified atom stereocenters. The van der Waals surface area contributed by atoms with Gasteiger partial charge in [0, 0.05) is 43.5 Å². The highest BCUT2D eigenvalue weighted by Gasteiger charge is 2.14. The van der Waals surface area contributed by atoms with Crippen LogP contribution in [0, 0.1) is 11.3 Å². The monoisotopic (exact) mass is 438 g/mol. The van der Waals surface area contributed by atoms with Gasteiger partial charge in [0.15, 0.2) is 5.65 Å². The third-order valence-electron chi connectivity index (χ3n) is 5.39. The average Bonchev–Trinajstić information content (AvgIpc) is 3.22. The van der Waals surface area contributed by atoms with Gasteiger partial charge in [0.2, 0.25) is 0 Å². The van der Waals surface area contributed by atoms with E-state index in [0.29, 0.717) is 47.5 Å². The first-order valence-electron chi connectivity index (χ1n) is 10.6. The number of phenols is 1. The van der Waals surface area contributed by atoms with Crippen molar-refractivity contribution in [3.8, 4) is 23.1 Å². The van der Waals surface area contributed by atoms with E-state index in [4.69, 9.17) is 5.26 Å². The first kappa shape index (κ1) is 21.9. The molecule has 2 N–H and O–H groups in total. The number of fused-ring (bicyclic) bond motifs is 1. The van der Waals surface area contributed by atoms with Crippen LogP contribution in [0.15, 0.2) is 60.8 Å². The Morgan fingerprint density at radius 2 is 2.06 bits per heavy atom. The molecule has 0 aliphatic carbocycles. The molecule has 1 amide bonds. The maximum atomic E-state index is 12.6. The van der Waals surface area contributed by atoms with Gasteiger partial charge >= 0.3 is 0 Å². The molecular formula is C24H23BN6O2. The molecule has 8 nitrogen and oxygen atoms in total. The Morgan fingerprint density at radius 3 is 2.85 bits per heavy atom. The van der Waals surface area contributed by atoms with E-state index in [1.165, 1.54) is 0 Å². The topological polar surface area (TPSA) is 107 Å². The predicted molar refractivity (Wildman–Crippen MR) is 129 cm³/mol. The molecule has 164 valence electrons. The van der Waals surface area contributed by atoms with Crippen LogP contribution in [-0.4, -0.2) is 58.5 Å². The van der Waals surface area contributed by atoms with Crippen molar-refractivity contribution in [2.24, 2.45) is 0 Å². The number of aromatic hydroxyl groups is 1. The van der Waals surface area contributed by atoms with Crippen molar-refractivity contribution in [1.29, 1.82) is 5.26 Å². The van der Waals surface area contributed by atoms with Crippen molar-refractivity contribution < 1.29 is 9.90 Å². The molecule has 0 radical (unpaired) electrons. The molecule has 0 spiro atoms. The molecule has 4 aromatic rings. The lowest BCUT2D eigenvalue weighted by molar-refractivity contribution is 0.0794. The van der Waals surface area contributed by atoms with Crippen molar-refractivity contribution in [2.45, 2.75) is 6.42 Å². The molecule has 2 aromatic carbocycles. The Morgan fingerprint density at radius 1 is 1.24 bits per heavy atom. The van der Waals surface area contributed by atoms with E-state index in [0.717, 1.165) is 11.3 Å². The van der Waals surface area contributed by atoms with Gasteiger partial charge in [0.05, 0.1) is 17.3 Å². The lowest BCUT2D eigenvalue weighted by Gasteiger charge is -2.18. The number of aromatic nitrogens is 3. The van der Waals surface area contributed by atoms with Crippen LogP contribution in [0.1, 0.15) is 22.3 Å². The number of benzene rings is 2. The zero-order valence-electron chi connectivity index (χ0n) is 18.5. The number of para-hydroxylation sites is 1. The van der Waals surface area contributed by atoms with Gasteiger partial charge in [-0.2, -0.15) is 14.9 Å². The second-order valence-corrected chi connectivity index (χ2v) is 7.81. The third kappa shape index (κ3) is 4.65. The number of nitrogens with one attached hydrogen (secondary N) is 1. The molecule has 2 aromatic heterocycles. The van der Waals surface area contributed by atoms with Crippen LogP contribution in [0.2, 0.25) is 0 Å². The summed E-state index contributed by atoms with van der Waals surface area (Å²) < 4.78 is 1.74. The summed E-state index contributed by atoms with van der Waals surface area (Å²) >= 11 is 0. The van der Waals surface area contributed by atoms with Gasteiger partial charge in [-0.15, -0.1) is 0 Å². The van der Waals surface area contributed by atoms with Crippen LogP contribution in [0.5, 0.6) is 5.75 Å². The number of hydrogen-bond donors (Lipinski definition) is 2. The molecular weight excluding hydrogens is 415 g/mol. The summed E-state index contributed by atoms with van der Waals surface area (Å²) in [6.45, 7) is 1.15. The summed E-state index contributed by atoms with van der Waals surface area (Å²) in [5.41, 5.74) is 3.90. The average molecular weight is 438 g/mol.